The second-order valence-corrected chi connectivity index (χ2v) is 24.1. The topological polar surface area (TPSA) is 29.2 Å². The highest BCUT2D eigenvalue weighted by Gasteiger charge is 2.23. The van der Waals surface area contributed by atoms with Crippen LogP contribution in [0.2, 0.25) is 0 Å². The Morgan fingerprint density at radius 3 is 0.848 bits per heavy atom. The van der Waals surface area contributed by atoms with E-state index in [1.54, 1.807) is 0 Å². The zero-order valence-corrected chi connectivity index (χ0v) is 50.1. The maximum atomic E-state index is 5.08. The van der Waals surface area contributed by atoms with E-state index in [-0.39, 0.29) is 0 Å². The first-order valence-corrected chi connectivity index (χ1v) is 31.5. The van der Waals surface area contributed by atoms with Crippen LogP contribution in [0, 0.1) is 0 Å². The van der Waals surface area contributed by atoms with Crippen molar-refractivity contribution in [3.8, 4) is 44.8 Å². The molecule has 0 unspecified atom stereocenters. The maximum absolute atomic E-state index is 5.08. The summed E-state index contributed by atoms with van der Waals surface area (Å²) in [5.74, 6) is 0. The molecule has 0 amide bonds. The molecule has 0 atom stereocenters. The van der Waals surface area contributed by atoms with Crippen LogP contribution >= 0.6 is 0 Å². The molecule has 0 spiro atoms. The SMILES string of the molecule is c1ccc2cc(N(c3cc(-c4cncc(-c5ccc(-c6cc(-n7c8ccccc8c8ccccc87)cc(-n7c8ccccc8c8ccccc87)c6)cc5)c4)cc(N(c4ccc5ccccc5c4)c4ccc5ccccc5c4)c3)c3ccc4ccccc4c3)ccc2c1. The predicted octanol–water partition coefficient (Wildman–Crippen LogP) is 23.8. The minimum Gasteiger partial charge on any atom is -0.310 e. The van der Waals surface area contributed by atoms with Crippen LogP contribution in [-0.2, 0) is 0 Å². The van der Waals surface area contributed by atoms with Gasteiger partial charge in [0, 0.05) is 90.6 Å². The number of hydrogen-bond acceptors (Lipinski definition) is 3. The minimum atomic E-state index is 0.998. The van der Waals surface area contributed by atoms with Crippen LogP contribution in [0.5, 0.6) is 0 Å². The zero-order chi connectivity index (χ0) is 60.6. The summed E-state index contributed by atoms with van der Waals surface area (Å²) in [7, 11) is 0. The van der Waals surface area contributed by atoms with E-state index in [4.69, 9.17) is 4.98 Å². The fourth-order valence-electron chi connectivity index (χ4n) is 14.2. The molecule has 0 aliphatic carbocycles. The summed E-state index contributed by atoms with van der Waals surface area (Å²) in [6.07, 6.45) is 4.02. The third-order valence-electron chi connectivity index (χ3n) is 18.6. The molecule has 0 aliphatic heterocycles. The summed E-state index contributed by atoms with van der Waals surface area (Å²) in [6.45, 7) is 0. The van der Waals surface area contributed by atoms with Gasteiger partial charge in [0.1, 0.15) is 0 Å². The van der Waals surface area contributed by atoms with Gasteiger partial charge in [-0.1, -0.05) is 218 Å². The van der Waals surface area contributed by atoms with E-state index < -0.39 is 0 Å². The van der Waals surface area contributed by atoms with Gasteiger partial charge < -0.3 is 18.9 Å². The lowest BCUT2D eigenvalue weighted by atomic mass is 9.97. The molecule has 92 heavy (non-hydrogen) atoms. The quantitative estimate of drug-likeness (QED) is 0.129. The van der Waals surface area contributed by atoms with Gasteiger partial charge >= 0.3 is 0 Å². The first kappa shape index (κ1) is 52.8. The molecule has 0 N–H and O–H groups in total. The van der Waals surface area contributed by atoms with Crippen molar-refractivity contribution in [1.82, 2.24) is 14.1 Å². The molecule has 0 saturated carbocycles. The van der Waals surface area contributed by atoms with Crippen LogP contribution in [0.1, 0.15) is 0 Å². The molecule has 5 nitrogen and oxygen atoms in total. The van der Waals surface area contributed by atoms with Gasteiger partial charge in [0.05, 0.1) is 22.1 Å². The maximum Gasteiger partial charge on any atom is 0.0541 e. The van der Waals surface area contributed by atoms with Crippen LogP contribution in [0.25, 0.3) is 131 Å². The number of para-hydroxylation sites is 4. The summed E-state index contributed by atoms with van der Waals surface area (Å²) in [6, 6.07) is 122. The highest BCUT2D eigenvalue weighted by molar-refractivity contribution is 6.11. The lowest BCUT2D eigenvalue weighted by molar-refractivity contribution is 1.13. The lowest BCUT2D eigenvalue weighted by Crippen LogP contribution is -2.14. The monoisotopic (exact) mass is 1170 g/mol. The molecule has 0 aliphatic rings. The standard InChI is InChI=1S/C87H57N5/c1-5-21-64-46-72(41-37-58(64)17-1)89(73-42-38-59-18-2-6-22-65(59)47-73)76-52-69(53-77(54-76)90(74-43-39-60-19-3-7-23-66(60)48-74)75-44-40-61-20-4-8-24-67(61)49-75)71-45-70(56-88-57-71)63-35-33-62(34-36-63)68-50-78(91-84-29-13-9-25-80(84)81-26-10-14-30-85(81)91)55-79(51-68)92-86-31-15-11-27-82(86)83-28-12-16-32-87(83)92/h1-57H. The molecule has 5 heteroatoms. The second kappa shape index (κ2) is 21.8. The van der Waals surface area contributed by atoms with E-state index in [9.17, 15) is 0 Å². The molecule has 0 fully saturated rings. The first-order chi connectivity index (χ1) is 45.6. The Morgan fingerprint density at radius 2 is 0.489 bits per heavy atom. The molecule has 18 aromatic rings. The summed E-state index contributed by atoms with van der Waals surface area (Å²) >= 11 is 0. The Morgan fingerprint density at radius 1 is 0.196 bits per heavy atom. The van der Waals surface area contributed by atoms with Gasteiger partial charge in [-0.3, -0.25) is 4.98 Å². The largest absolute Gasteiger partial charge is 0.310 e. The van der Waals surface area contributed by atoms with Crippen molar-refractivity contribution in [2.24, 2.45) is 0 Å². The van der Waals surface area contributed by atoms with Gasteiger partial charge in [-0.25, -0.2) is 0 Å². The summed E-state index contributed by atoms with van der Waals surface area (Å²) in [5.41, 5.74) is 19.5. The van der Waals surface area contributed by atoms with Gasteiger partial charge in [0.15, 0.2) is 0 Å². The molecule has 0 saturated heterocycles. The van der Waals surface area contributed by atoms with E-state index in [0.29, 0.717) is 0 Å². The van der Waals surface area contributed by atoms with Crippen molar-refractivity contribution in [3.63, 3.8) is 0 Å². The van der Waals surface area contributed by atoms with E-state index in [1.807, 2.05) is 12.4 Å². The molecule has 3 heterocycles. The van der Waals surface area contributed by atoms with Gasteiger partial charge in [-0.2, -0.15) is 0 Å². The Labute approximate surface area is 532 Å². The highest BCUT2D eigenvalue weighted by Crippen LogP contribution is 2.46. The fraction of sp³-hybridized carbons (Fsp3) is 0. The molecule has 15 aromatic carbocycles. The summed E-state index contributed by atoms with van der Waals surface area (Å²) < 4.78 is 4.87. The smallest absolute Gasteiger partial charge is 0.0541 e. The Hall–Kier alpha value is -12.3. The number of aromatic nitrogens is 3. The summed E-state index contributed by atoms with van der Waals surface area (Å²) in [4.78, 5) is 9.92. The van der Waals surface area contributed by atoms with Crippen molar-refractivity contribution in [2.45, 2.75) is 0 Å². The molecule has 430 valence electrons. The first-order valence-electron chi connectivity index (χ1n) is 31.5. The molecular weight excluding hydrogens is 1110 g/mol. The van der Waals surface area contributed by atoms with Crippen LogP contribution < -0.4 is 9.80 Å². The third kappa shape index (κ3) is 9.13. The highest BCUT2D eigenvalue weighted by atomic mass is 15.2. The normalized spacial score (nSPS) is 11.7. The van der Waals surface area contributed by atoms with E-state index in [2.05, 4.69) is 353 Å². The van der Waals surface area contributed by atoms with Crippen LogP contribution in [-0.4, -0.2) is 14.1 Å². The van der Waals surface area contributed by atoms with Gasteiger partial charge in [0.25, 0.3) is 0 Å². The second-order valence-electron chi connectivity index (χ2n) is 24.1. The predicted molar refractivity (Wildman–Crippen MR) is 389 cm³/mol. The van der Waals surface area contributed by atoms with E-state index >= 15 is 0 Å². The van der Waals surface area contributed by atoms with Gasteiger partial charge in [0.2, 0.25) is 0 Å². The average molecular weight is 1170 g/mol. The van der Waals surface area contributed by atoms with E-state index in [0.717, 1.165) is 78.9 Å². The molecule has 18 rings (SSSR count). The Kier molecular flexibility index (Phi) is 12.5. The molecular formula is C87H57N5. The minimum absolute atomic E-state index is 0.998. The van der Waals surface area contributed by atoms with Gasteiger partial charge in [-0.15, -0.1) is 0 Å². The number of pyridine rings is 1. The van der Waals surface area contributed by atoms with Crippen LogP contribution in [0.3, 0.4) is 0 Å². The number of benzene rings is 15. The number of hydrogen-bond donors (Lipinski definition) is 0. The van der Waals surface area contributed by atoms with Crippen molar-refractivity contribution in [1.29, 1.82) is 0 Å². The Balaban J connectivity index is 0.809. The fourth-order valence-corrected chi connectivity index (χ4v) is 14.2. The van der Waals surface area contributed by atoms with Crippen LogP contribution in [0.15, 0.2) is 346 Å². The molecule has 3 aromatic heterocycles. The third-order valence-corrected chi connectivity index (χ3v) is 18.6. The Bertz CT molecular complexity index is 5350. The summed E-state index contributed by atoms with van der Waals surface area (Å²) in [5, 5.41) is 14.4. The van der Waals surface area contributed by atoms with Crippen molar-refractivity contribution < 1.29 is 0 Å². The van der Waals surface area contributed by atoms with Crippen molar-refractivity contribution in [3.05, 3.63) is 346 Å². The average Bonchev–Trinajstić information content (AvgIpc) is 1.52. The van der Waals surface area contributed by atoms with Crippen LogP contribution in [0.4, 0.5) is 34.1 Å². The van der Waals surface area contributed by atoms with Gasteiger partial charge in [-0.05, 0) is 181 Å². The van der Waals surface area contributed by atoms with E-state index in [1.165, 1.54) is 86.7 Å². The van der Waals surface area contributed by atoms with Crippen molar-refractivity contribution >= 4 is 121 Å². The lowest BCUT2D eigenvalue weighted by Gasteiger charge is -2.31. The molecule has 0 radical (unpaired) electrons. The number of fused-ring (bicyclic) bond motifs is 10. The number of nitrogens with zero attached hydrogens (tertiary/aromatic N) is 5. The van der Waals surface area contributed by atoms with Crippen molar-refractivity contribution in [2.75, 3.05) is 9.80 Å². The molecule has 0 bridgehead atoms. The number of rotatable bonds is 11. The number of anilines is 6. The zero-order valence-electron chi connectivity index (χ0n) is 50.1.